The number of aromatic nitrogens is 2. The first-order valence-electron chi connectivity index (χ1n) is 10.8. The molecule has 1 saturated heterocycles. The van der Waals surface area contributed by atoms with Crippen molar-refractivity contribution in [3.8, 4) is 0 Å². The van der Waals surface area contributed by atoms with Gasteiger partial charge in [-0.05, 0) is 48.0 Å². The van der Waals surface area contributed by atoms with Gasteiger partial charge in [0, 0.05) is 29.5 Å². The van der Waals surface area contributed by atoms with Gasteiger partial charge in [-0.2, -0.15) is 5.10 Å². The molecule has 1 aliphatic rings. The number of halogens is 1. The summed E-state index contributed by atoms with van der Waals surface area (Å²) < 4.78 is 5.39. The van der Waals surface area contributed by atoms with Crippen molar-refractivity contribution in [2.75, 3.05) is 41.8 Å². The lowest BCUT2D eigenvalue weighted by Crippen LogP contribution is -2.36. The highest BCUT2D eigenvalue weighted by molar-refractivity contribution is 7.20. The second kappa shape index (κ2) is 9.84. The van der Waals surface area contributed by atoms with Gasteiger partial charge in [-0.1, -0.05) is 23.7 Å². The van der Waals surface area contributed by atoms with Crippen LogP contribution in [-0.2, 0) is 16.0 Å². The van der Waals surface area contributed by atoms with Crippen molar-refractivity contribution in [2.24, 2.45) is 0 Å². The Bertz CT molecular complexity index is 1310. The van der Waals surface area contributed by atoms with Crippen molar-refractivity contribution in [3.63, 3.8) is 0 Å². The predicted molar refractivity (Wildman–Crippen MR) is 135 cm³/mol. The van der Waals surface area contributed by atoms with E-state index in [9.17, 15) is 9.59 Å². The van der Waals surface area contributed by atoms with Crippen molar-refractivity contribution in [1.29, 1.82) is 0 Å². The molecule has 0 bridgehead atoms. The molecule has 8 nitrogen and oxygen atoms in total. The van der Waals surface area contributed by atoms with E-state index in [1.807, 2.05) is 36.4 Å². The molecule has 0 atom stereocenters. The van der Waals surface area contributed by atoms with Crippen LogP contribution in [0.1, 0.15) is 15.2 Å². The van der Waals surface area contributed by atoms with E-state index in [2.05, 4.69) is 25.7 Å². The molecule has 3 N–H and O–H groups in total. The first-order chi connectivity index (χ1) is 16.5. The number of rotatable bonds is 6. The molecule has 2 aromatic carbocycles. The summed E-state index contributed by atoms with van der Waals surface area (Å²) in [5.41, 5.74) is 2.67. The summed E-state index contributed by atoms with van der Waals surface area (Å²) in [6.45, 7) is 3.17. The Morgan fingerprint density at radius 1 is 1.06 bits per heavy atom. The number of H-pyrrole nitrogens is 1. The molecule has 10 heteroatoms. The van der Waals surface area contributed by atoms with Crippen molar-refractivity contribution in [2.45, 2.75) is 6.42 Å². The van der Waals surface area contributed by atoms with Crippen LogP contribution < -0.4 is 15.5 Å². The van der Waals surface area contributed by atoms with Crippen LogP contribution in [0.25, 0.3) is 10.2 Å². The number of carbonyl (C=O) groups is 2. The fourth-order valence-electron chi connectivity index (χ4n) is 3.76. The monoisotopic (exact) mass is 495 g/mol. The Balaban J connectivity index is 1.23. The van der Waals surface area contributed by atoms with Gasteiger partial charge in [0.25, 0.3) is 5.91 Å². The molecule has 0 spiro atoms. The number of ether oxygens (including phenoxy) is 1. The maximum absolute atomic E-state index is 12.8. The van der Waals surface area contributed by atoms with Gasteiger partial charge < -0.3 is 20.3 Å². The SMILES string of the molecule is O=C(Cc1ccc(Cl)cc1)Nc1[nH]nc2sc(C(=O)Nc3ccc(N4CCOCC4)cc3)cc12. The number of amides is 2. The minimum Gasteiger partial charge on any atom is -0.378 e. The summed E-state index contributed by atoms with van der Waals surface area (Å²) in [7, 11) is 0. The number of aromatic amines is 1. The van der Waals surface area contributed by atoms with Crippen molar-refractivity contribution in [1.82, 2.24) is 10.2 Å². The molecular weight excluding hydrogens is 474 g/mol. The highest BCUT2D eigenvalue weighted by Gasteiger charge is 2.17. The Morgan fingerprint density at radius 2 is 1.79 bits per heavy atom. The molecule has 1 fully saturated rings. The number of hydrogen-bond acceptors (Lipinski definition) is 6. The van der Waals surface area contributed by atoms with Crippen LogP contribution in [0.3, 0.4) is 0 Å². The summed E-state index contributed by atoms with van der Waals surface area (Å²) in [6.07, 6.45) is 0.204. The smallest absolute Gasteiger partial charge is 0.265 e. The molecular formula is C24H22ClN5O3S. The number of morpholine rings is 1. The van der Waals surface area contributed by atoms with Gasteiger partial charge in [-0.3, -0.25) is 14.7 Å². The summed E-state index contributed by atoms with van der Waals surface area (Å²) in [6, 6.07) is 16.6. The van der Waals surface area contributed by atoms with E-state index in [0.717, 1.165) is 37.6 Å². The average molecular weight is 496 g/mol. The van der Waals surface area contributed by atoms with E-state index in [4.69, 9.17) is 16.3 Å². The average Bonchev–Trinajstić information content (AvgIpc) is 3.44. The number of benzene rings is 2. The van der Waals surface area contributed by atoms with Gasteiger partial charge in [-0.25, -0.2) is 0 Å². The number of carbonyl (C=O) groups excluding carboxylic acids is 2. The molecule has 4 aromatic rings. The third-order valence-electron chi connectivity index (χ3n) is 5.52. The Hall–Kier alpha value is -3.40. The largest absolute Gasteiger partial charge is 0.378 e. The number of fused-ring (bicyclic) bond motifs is 1. The molecule has 1 aliphatic heterocycles. The van der Waals surface area contributed by atoms with Crippen LogP contribution >= 0.6 is 22.9 Å². The number of anilines is 3. The van der Waals surface area contributed by atoms with E-state index in [0.29, 0.717) is 31.6 Å². The van der Waals surface area contributed by atoms with Gasteiger partial charge in [0.15, 0.2) is 0 Å². The van der Waals surface area contributed by atoms with Gasteiger partial charge in [0.05, 0.1) is 29.9 Å². The van der Waals surface area contributed by atoms with Crippen LogP contribution in [-0.4, -0.2) is 48.3 Å². The third-order valence-corrected chi connectivity index (χ3v) is 6.80. The zero-order valence-corrected chi connectivity index (χ0v) is 19.7. The summed E-state index contributed by atoms with van der Waals surface area (Å²) in [5.74, 6) is 0.0603. The number of nitrogens with one attached hydrogen (secondary N) is 3. The standard InChI is InChI=1S/C24H22ClN5O3S/c25-16-3-1-15(2-4-16)13-21(31)27-22-19-14-20(34-24(19)29-28-22)23(32)26-17-5-7-18(8-6-17)30-9-11-33-12-10-30/h1-8,14H,9-13H2,(H,26,32)(H2,27,28,29,31). The minimum absolute atomic E-state index is 0.189. The molecule has 2 amide bonds. The first-order valence-corrected chi connectivity index (χ1v) is 12.0. The van der Waals surface area contributed by atoms with E-state index in [-0.39, 0.29) is 18.2 Å². The fourth-order valence-corrected chi connectivity index (χ4v) is 4.78. The maximum Gasteiger partial charge on any atom is 0.265 e. The van der Waals surface area contributed by atoms with E-state index < -0.39 is 0 Å². The van der Waals surface area contributed by atoms with Crippen LogP contribution in [0.5, 0.6) is 0 Å². The quantitative estimate of drug-likeness (QED) is 0.364. The number of nitrogens with zero attached hydrogens (tertiary/aromatic N) is 2. The maximum atomic E-state index is 12.8. The lowest BCUT2D eigenvalue weighted by atomic mass is 10.1. The molecule has 0 aliphatic carbocycles. The molecule has 5 rings (SSSR count). The second-order valence-electron chi connectivity index (χ2n) is 7.88. The second-order valence-corrected chi connectivity index (χ2v) is 9.35. The molecule has 0 saturated carbocycles. The minimum atomic E-state index is -0.222. The van der Waals surface area contributed by atoms with Gasteiger partial charge in [0.1, 0.15) is 10.6 Å². The summed E-state index contributed by atoms with van der Waals surface area (Å²) >= 11 is 7.16. The Labute approximate surface area is 204 Å². The summed E-state index contributed by atoms with van der Waals surface area (Å²) in [4.78, 5) is 28.7. The number of thiophene rings is 1. The summed E-state index contributed by atoms with van der Waals surface area (Å²) in [5, 5.41) is 14.2. The number of hydrogen-bond donors (Lipinski definition) is 3. The molecule has 3 heterocycles. The molecule has 0 radical (unpaired) electrons. The normalized spacial score (nSPS) is 13.7. The van der Waals surface area contributed by atoms with Crippen molar-refractivity contribution < 1.29 is 14.3 Å². The van der Waals surface area contributed by atoms with E-state index in [1.165, 1.54) is 11.3 Å². The Morgan fingerprint density at radius 3 is 2.53 bits per heavy atom. The van der Waals surface area contributed by atoms with Crippen LogP contribution in [0.4, 0.5) is 17.2 Å². The van der Waals surface area contributed by atoms with Gasteiger partial charge in [0.2, 0.25) is 5.91 Å². The van der Waals surface area contributed by atoms with Crippen molar-refractivity contribution >= 4 is 62.2 Å². The predicted octanol–water partition coefficient (Wildman–Crippen LogP) is 4.55. The zero-order chi connectivity index (χ0) is 23.5. The van der Waals surface area contributed by atoms with Crippen LogP contribution in [0, 0.1) is 0 Å². The molecule has 0 unspecified atom stereocenters. The zero-order valence-electron chi connectivity index (χ0n) is 18.1. The molecule has 174 valence electrons. The highest BCUT2D eigenvalue weighted by atomic mass is 35.5. The van der Waals surface area contributed by atoms with Gasteiger partial charge >= 0.3 is 0 Å². The van der Waals surface area contributed by atoms with Crippen LogP contribution in [0.2, 0.25) is 5.02 Å². The Kier molecular flexibility index (Phi) is 6.48. The van der Waals surface area contributed by atoms with E-state index >= 15 is 0 Å². The fraction of sp³-hybridized carbons (Fsp3) is 0.208. The van der Waals surface area contributed by atoms with Crippen LogP contribution in [0.15, 0.2) is 54.6 Å². The first kappa shape index (κ1) is 22.4. The lowest BCUT2D eigenvalue weighted by Gasteiger charge is -2.28. The molecule has 34 heavy (non-hydrogen) atoms. The lowest BCUT2D eigenvalue weighted by molar-refractivity contribution is -0.115. The van der Waals surface area contributed by atoms with Crippen molar-refractivity contribution in [3.05, 3.63) is 70.1 Å². The third kappa shape index (κ3) is 5.06. The molecule has 2 aromatic heterocycles. The highest BCUT2D eigenvalue weighted by Crippen LogP contribution is 2.30. The van der Waals surface area contributed by atoms with E-state index in [1.54, 1.807) is 18.2 Å². The van der Waals surface area contributed by atoms with Gasteiger partial charge in [-0.15, -0.1) is 11.3 Å². The topological polar surface area (TPSA) is 99.3 Å².